The Bertz CT molecular complexity index is 385. The third-order valence-corrected chi connectivity index (χ3v) is 4.77. The molecule has 1 nitrogen and oxygen atoms in total. The van der Waals surface area contributed by atoms with Gasteiger partial charge in [0.25, 0.3) is 0 Å². The lowest BCUT2D eigenvalue weighted by Gasteiger charge is -2.29. The van der Waals surface area contributed by atoms with E-state index in [0.717, 1.165) is 29.7 Å². The summed E-state index contributed by atoms with van der Waals surface area (Å²) in [6, 6.07) is 8.10. The van der Waals surface area contributed by atoms with E-state index in [1.54, 1.807) is 0 Å². The first kappa shape index (κ1) is 13.9. The van der Waals surface area contributed by atoms with E-state index in [9.17, 15) is 0 Å². The first-order valence-corrected chi connectivity index (χ1v) is 7.44. The van der Waals surface area contributed by atoms with Crippen molar-refractivity contribution in [3.05, 3.63) is 34.9 Å². The molecule has 1 aromatic rings. The molecule has 0 radical (unpaired) electrons. The maximum atomic E-state index is 6.65. The molecule has 0 bridgehead atoms. The van der Waals surface area contributed by atoms with Gasteiger partial charge in [0.2, 0.25) is 0 Å². The number of hydrogen-bond donors (Lipinski definition) is 1. The largest absolute Gasteiger partial charge is 0.321 e. The molecule has 0 spiro atoms. The highest BCUT2D eigenvalue weighted by Crippen LogP contribution is 2.38. The van der Waals surface area contributed by atoms with Crippen molar-refractivity contribution < 1.29 is 0 Å². The molecule has 2 atom stereocenters. The highest BCUT2D eigenvalue weighted by Gasteiger charge is 2.31. The Balaban J connectivity index is 2.14. The normalized spacial score (nSPS) is 29.3. The van der Waals surface area contributed by atoms with Crippen LogP contribution in [0.5, 0.6) is 0 Å². The summed E-state index contributed by atoms with van der Waals surface area (Å²) in [5, 5.41) is 0.788. The van der Waals surface area contributed by atoms with Crippen molar-refractivity contribution in [2.75, 3.05) is 0 Å². The van der Waals surface area contributed by atoms with Gasteiger partial charge in [0, 0.05) is 10.6 Å². The van der Waals surface area contributed by atoms with Crippen LogP contribution in [-0.4, -0.2) is 0 Å². The average molecular weight is 266 g/mol. The molecule has 1 aliphatic carbocycles. The van der Waals surface area contributed by atoms with E-state index in [-0.39, 0.29) is 5.54 Å². The van der Waals surface area contributed by atoms with Crippen molar-refractivity contribution >= 4 is 11.6 Å². The van der Waals surface area contributed by atoms with Crippen LogP contribution >= 0.6 is 11.6 Å². The summed E-state index contributed by atoms with van der Waals surface area (Å²) in [5.74, 6) is 1.61. The molecule has 18 heavy (non-hydrogen) atoms. The van der Waals surface area contributed by atoms with Crippen molar-refractivity contribution in [2.24, 2.45) is 17.6 Å². The molecular formula is C16H24ClN. The molecule has 2 rings (SSSR count). The fraction of sp³-hybridized carbons (Fsp3) is 0.625. The monoisotopic (exact) mass is 265 g/mol. The van der Waals surface area contributed by atoms with Crippen molar-refractivity contribution in [2.45, 2.75) is 51.5 Å². The smallest absolute Gasteiger partial charge is 0.0409 e. The Hall–Kier alpha value is -0.530. The quantitative estimate of drug-likeness (QED) is 0.769. The molecule has 0 heterocycles. The van der Waals surface area contributed by atoms with Crippen LogP contribution < -0.4 is 5.73 Å². The number of halogens is 1. The zero-order chi connectivity index (χ0) is 13.2. The van der Waals surface area contributed by atoms with E-state index in [1.807, 2.05) is 12.1 Å². The molecule has 0 aliphatic heterocycles. The molecule has 1 aromatic carbocycles. The van der Waals surface area contributed by atoms with Gasteiger partial charge >= 0.3 is 0 Å². The minimum absolute atomic E-state index is 0.145. The van der Waals surface area contributed by atoms with Gasteiger partial charge < -0.3 is 5.73 Å². The van der Waals surface area contributed by atoms with Crippen LogP contribution in [0, 0.1) is 11.8 Å². The second-order valence-corrected chi connectivity index (χ2v) is 6.53. The van der Waals surface area contributed by atoms with Gasteiger partial charge in [-0.25, -0.2) is 0 Å². The molecule has 2 unspecified atom stereocenters. The van der Waals surface area contributed by atoms with E-state index in [2.05, 4.69) is 26.0 Å². The van der Waals surface area contributed by atoms with Crippen molar-refractivity contribution in [3.8, 4) is 0 Å². The average Bonchev–Trinajstić information content (AvgIpc) is 2.53. The van der Waals surface area contributed by atoms with Gasteiger partial charge in [-0.05, 0) is 48.8 Å². The topological polar surface area (TPSA) is 26.0 Å². The van der Waals surface area contributed by atoms with Gasteiger partial charge in [-0.15, -0.1) is 0 Å². The van der Waals surface area contributed by atoms with Crippen LogP contribution in [0.1, 0.15) is 51.5 Å². The maximum absolute atomic E-state index is 6.65. The minimum atomic E-state index is -0.145. The summed E-state index contributed by atoms with van der Waals surface area (Å²) < 4.78 is 0. The van der Waals surface area contributed by atoms with Gasteiger partial charge in [-0.1, -0.05) is 50.4 Å². The second-order valence-electron chi connectivity index (χ2n) is 6.10. The lowest BCUT2D eigenvalue weighted by molar-refractivity contribution is 0.325. The first-order chi connectivity index (χ1) is 8.51. The van der Waals surface area contributed by atoms with Gasteiger partial charge in [-0.3, -0.25) is 0 Å². The van der Waals surface area contributed by atoms with Crippen LogP contribution in [0.2, 0.25) is 5.02 Å². The minimum Gasteiger partial charge on any atom is -0.321 e. The third-order valence-electron chi connectivity index (χ3n) is 4.52. The van der Waals surface area contributed by atoms with E-state index < -0.39 is 0 Å². The van der Waals surface area contributed by atoms with Crippen LogP contribution in [-0.2, 0) is 5.54 Å². The van der Waals surface area contributed by atoms with Crippen LogP contribution in [0.25, 0.3) is 0 Å². The fourth-order valence-electron chi connectivity index (χ4n) is 3.13. The highest BCUT2D eigenvalue weighted by atomic mass is 35.5. The molecule has 1 saturated carbocycles. The summed E-state index contributed by atoms with van der Waals surface area (Å²) >= 11 is 5.95. The molecule has 0 saturated heterocycles. The molecule has 0 aromatic heterocycles. The summed E-state index contributed by atoms with van der Waals surface area (Å²) in [6.45, 7) is 4.66. The standard InChI is InChI=1S/C16H24ClN/c1-12(2)13-4-3-10-16(18,11-9-13)14-5-7-15(17)8-6-14/h5-8,12-13H,3-4,9-11,18H2,1-2H3. The molecule has 1 aliphatic rings. The molecule has 1 fully saturated rings. The summed E-state index contributed by atoms with van der Waals surface area (Å²) in [7, 11) is 0. The van der Waals surface area contributed by atoms with Crippen molar-refractivity contribution in [1.29, 1.82) is 0 Å². The fourth-order valence-corrected chi connectivity index (χ4v) is 3.26. The molecular weight excluding hydrogens is 242 g/mol. The Morgan fingerprint density at radius 2 is 1.83 bits per heavy atom. The number of rotatable bonds is 2. The lowest BCUT2D eigenvalue weighted by Crippen LogP contribution is -2.36. The lowest BCUT2D eigenvalue weighted by atomic mass is 9.83. The van der Waals surface area contributed by atoms with E-state index in [4.69, 9.17) is 17.3 Å². The number of nitrogens with two attached hydrogens (primary N) is 1. The molecule has 2 heteroatoms. The van der Waals surface area contributed by atoms with Crippen molar-refractivity contribution in [3.63, 3.8) is 0 Å². The van der Waals surface area contributed by atoms with E-state index in [1.165, 1.54) is 24.8 Å². The maximum Gasteiger partial charge on any atom is 0.0409 e. The zero-order valence-electron chi connectivity index (χ0n) is 11.5. The Morgan fingerprint density at radius 1 is 1.17 bits per heavy atom. The number of hydrogen-bond acceptors (Lipinski definition) is 1. The van der Waals surface area contributed by atoms with Gasteiger partial charge in [-0.2, -0.15) is 0 Å². The Morgan fingerprint density at radius 3 is 2.44 bits per heavy atom. The summed E-state index contributed by atoms with van der Waals surface area (Å²) in [5.41, 5.74) is 7.75. The predicted molar refractivity (Wildman–Crippen MR) is 78.7 cm³/mol. The SMILES string of the molecule is CC(C)C1CCCC(N)(c2ccc(Cl)cc2)CC1. The molecule has 100 valence electrons. The predicted octanol–water partition coefficient (Wildman–Crippen LogP) is 4.73. The number of benzene rings is 1. The summed E-state index contributed by atoms with van der Waals surface area (Å²) in [4.78, 5) is 0. The van der Waals surface area contributed by atoms with Gasteiger partial charge in [0.1, 0.15) is 0 Å². The Labute approximate surface area is 116 Å². The Kier molecular flexibility index (Phi) is 4.34. The zero-order valence-corrected chi connectivity index (χ0v) is 12.2. The molecule has 2 N–H and O–H groups in total. The summed E-state index contributed by atoms with van der Waals surface area (Å²) in [6.07, 6.45) is 6.00. The molecule has 0 amide bonds. The van der Waals surface area contributed by atoms with Crippen LogP contribution in [0.3, 0.4) is 0 Å². The van der Waals surface area contributed by atoms with Gasteiger partial charge in [0.15, 0.2) is 0 Å². The van der Waals surface area contributed by atoms with Crippen LogP contribution in [0.15, 0.2) is 24.3 Å². The highest BCUT2D eigenvalue weighted by molar-refractivity contribution is 6.30. The van der Waals surface area contributed by atoms with Crippen LogP contribution in [0.4, 0.5) is 0 Å². The van der Waals surface area contributed by atoms with Gasteiger partial charge in [0.05, 0.1) is 0 Å². The van der Waals surface area contributed by atoms with Crippen molar-refractivity contribution in [1.82, 2.24) is 0 Å². The second kappa shape index (κ2) is 5.63. The first-order valence-electron chi connectivity index (χ1n) is 7.06. The third kappa shape index (κ3) is 3.07. The van der Waals surface area contributed by atoms with E-state index in [0.29, 0.717) is 0 Å². The van der Waals surface area contributed by atoms with E-state index >= 15 is 0 Å².